The van der Waals surface area contributed by atoms with Crippen LogP contribution in [0.4, 0.5) is 4.79 Å². The first-order valence-corrected chi connectivity index (χ1v) is 18.0. The van der Waals surface area contributed by atoms with Crippen LogP contribution in [0.3, 0.4) is 0 Å². The molecule has 0 aliphatic carbocycles. The largest absolute Gasteiger partial charge is 0.516 e. The number of piperidine rings is 3. The van der Waals surface area contributed by atoms with Gasteiger partial charge in [0.1, 0.15) is 11.4 Å². The number of likely N-dealkylation sites (tertiary alicyclic amines) is 3. The van der Waals surface area contributed by atoms with E-state index in [4.69, 9.17) is 4.74 Å². The quantitative estimate of drug-likeness (QED) is 0.348. The molecule has 0 spiro atoms. The number of H-pyrrole nitrogens is 1. The van der Waals surface area contributed by atoms with Crippen molar-refractivity contribution in [1.29, 1.82) is 0 Å². The van der Waals surface area contributed by atoms with E-state index in [1.807, 2.05) is 46.0 Å². The van der Waals surface area contributed by atoms with Crippen molar-refractivity contribution in [3.05, 3.63) is 41.6 Å². The fourth-order valence-electron chi connectivity index (χ4n) is 8.90. The number of amides is 1. The Labute approximate surface area is 279 Å². The van der Waals surface area contributed by atoms with Crippen molar-refractivity contribution in [3.63, 3.8) is 0 Å². The van der Waals surface area contributed by atoms with Crippen molar-refractivity contribution in [2.45, 2.75) is 102 Å². The molecule has 3 fully saturated rings. The number of phenolic OH excluding ortho intramolecular Hbond substituents is 1. The molecule has 6 heterocycles. The topological polar surface area (TPSA) is 97.8 Å². The maximum Gasteiger partial charge on any atom is 0.516 e. The van der Waals surface area contributed by atoms with Gasteiger partial charge in [0, 0.05) is 66.6 Å². The van der Waals surface area contributed by atoms with Crippen LogP contribution < -0.4 is 0 Å². The molecule has 0 bridgehead atoms. The summed E-state index contributed by atoms with van der Waals surface area (Å²) < 4.78 is 6.15. The summed E-state index contributed by atoms with van der Waals surface area (Å²) in [6, 6.07) is 11.6. The van der Waals surface area contributed by atoms with Crippen molar-refractivity contribution in [2.24, 2.45) is 0 Å². The minimum absolute atomic E-state index is 0.0773. The van der Waals surface area contributed by atoms with E-state index in [1.165, 1.54) is 63.1 Å². The Bertz CT molecular complexity index is 1570. The van der Waals surface area contributed by atoms with Crippen LogP contribution in [-0.4, -0.2) is 122 Å². The lowest BCUT2D eigenvalue weighted by molar-refractivity contribution is -0.844. The van der Waals surface area contributed by atoms with Gasteiger partial charge in [-0.3, -0.25) is 9.80 Å². The van der Waals surface area contributed by atoms with E-state index in [9.17, 15) is 9.90 Å². The fraction of sp³-hybridized carbons (Fsp3) is 0.649. The van der Waals surface area contributed by atoms with Crippen LogP contribution in [0, 0.1) is 0 Å². The molecule has 254 valence electrons. The molecule has 1 atom stereocenters. The number of fused-ring (bicyclic) bond motifs is 3. The summed E-state index contributed by atoms with van der Waals surface area (Å²) in [6.45, 7) is 15.7. The number of rotatable bonds is 4. The van der Waals surface area contributed by atoms with Crippen molar-refractivity contribution in [2.75, 3.05) is 52.9 Å². The molecular formula is C37H54N7O3+. The molecule has 1 aromatic carbocycles. The van der Waals surface area contributed by atoms with Crippen molar-refractivity contribution < 1.29 is 19.1 Å². The fourth-order valence-corrected chi connectivity index (χ4v) is 8.90. The molecule has 10 heteroatoms. The van der Waals surface area contributed by atoms with E-state index in [0.29, 0.717) is 34.3 Å². The number of nitrogens with zero attached hydrogens (tertiary/aromatic N) is 6. The van der Waals surface area contributed by atoms with Gasteiger partial charge in [0.25, 0.3) is 0 Å². The molecule has 47 heavy (non-hydrogen) atoms. The molecule has 0 saturated carbocycles. The number of benzene rings is 1. The van der Waals surface area contributed by atoms with E-state index in [-0.39, 0.29) is 11.8 Å². The van der Waals surface area contributed by atoms with Gasteiger partial charge in [-0.15, -0.1) is 10.2 Å². The number of para-hydroxylation sites is 1. The van der Waals surface area contributed by atoms with Gasteiger partial charge in [0.15, 0.2) is 5.65 Å². The summed E-state index contributed by atoms with van der Waals surface area (Å²) in [4.78, 5) is 24.7. The predicted octanol–water partition coefficient (Wildman–Crippen LogP) is 5.72. The molecule has 10 nitrogen and oxygen atoms in total. The second-order valence-corrected chi connectivity index (χ2v) is 15.8. The number of hydrogen-bond acceptors (Lipinski definition) is 8. The number of hydrogen-bond donors (Lipinski definition) is 2. The highest BCUT2D eigenvalue weighted by Crippen LogP contribution is 2.39. The Balaban J connectivity index is 0.920. The first-order chi connectivity index (χ1) is 22.5. The van der Waals surface area contributed by atoms with Crippen LogP contribution in [0.5, 0.6) is 5.75 Å². The van der Waals surface area contributed by atoms with Gasteiger partial charge in [-0.25, -0.2) is 4.48 Å². The molecule has 3 aromatic rings. The highest BCUT2D eigenvalue weighted by molar-refractivity contribution is 5.86. The zero-order chi connectivity index (χ0) is 32.9. The summed E-state index contributed by atoms with van der Waals surface area (Å²) in [7, 11) is 2.05. The Morgan fingerprint density at radius 2 is 1.53 bits per heavy atom. The van der Waals surface area contributed by atoms with Crippen molar-refractivity contribution in [3.8, 4) is 17.0 Å². The number of aromatic hydroxyl groups is 1. The second kappa shape index (κ2) is 12.8. The van der Waals surface area contributed by atoms with Gasteiger partial charge in [-0.2, -0.15) is 4.79 Å². The summed E-state index contributed by atoms with van der Waals surface area (Å²) in [6.07, 6.45) is 7.99. The standard InChI is InChI=1S/C37H53N7O3/c1-25-34-30-24-32(29-8-6-7-9-33(29)45)39-40-35(30)38-31(34)14-21-43(25)28-12-19-41(20-13-28)26-10-17-42(18-11-26)27-15-22-44(5,23-16-27)36(46)47-37(2,3)4/h6-9,24-28H,10-23H2,1-5H3,(H-,38,39,40,45)/p+1. The molecule has 4 aliphatic heterocycles. The summed E-state index contributed by atoms with van der Waals surface area (Å²) >= 11 is 0. The Hall–Kier alpha value is -3.05. The SMILES string of the molecule is CC1c2c([nH]c3nnc(-c4ccccc4O)cc23)CCN1C1CCN(C2CCN(C3CC[N+](C)(C(=O)OC(C)(C)C)CC3)CC2)CC1. The molecule has 0 radical (unpaired) electrons. The van der Waals surface area contributed by atoms with Gasteiger partial charge in [0.2, 0.25) is 0 Å². The Morgan fingerprint density at radius 3 is 2.17 bits per heavy atom. The lowest BCUT2D eigenvalue weighted by Crippen LogP contribution is -2.59. The van der Waals surface area contributed by atoms with Gasteiger partial charge < -0.3 is 19.7 Å². The second-order valence-electron chi connectivity index (χ2n) is 15.8. The molecule has 2 N–H and O–H groups in total. The third-order valence-corrected chi connectivity index (χ3v) is 11.6. The molecule has 7 rings (SSSR count). The maximum absolute atomic E-state index is 12.9. The van der Waals surface area contributed by atoms with Crippen LogP contribution in [0.25, 0.3) is 22.3 Å². The lowest BCUT2D eigenvalue weighted by atomic mass is 9.91. The van der Waals surface area contributed by atoms with E-state index >= 15 is 0 Å². The number of nitrogens with one attached hydrogen (secondary N) is 1. The summed E-state index contributed by atoms with van der Waals surface area (Å²) in [5.74, 6) is 0.230. The molecular weight excluding hydrogens is 590 g/mol. The molecule has 1 amide bonds. The van der Waals surface area contributed by atoms with Crippen LogP contribution in [-0.2, 0) is 11.2 Å². The average Bonchev–Trinajstić information content (AvgIpc) is 3.44. The maximum atomic E-state index is 12.9. The molecule has 2 aromatic heterocycles. The van der Waals surface area contributed by atoms with Crippen molar-refractivity contribution in [1.82, 2.24) is 29.9 Å². The van der Waals surface area contributed by atoms with Crippen LogP contribution >= 0.6 is 0 Å². The van der Waals surface area contributed by atoms with Crippen LogP contribution in [0.15, 0.2) is 30.3 Å². The monoisotopic (exact) mass is 644 g/mol. The summed E-state index contributed by atoms with van der Waals surface area (Å²) in [5.41, 5.74) is 4.46. The number of carbonyl (C=O) groups excluding carboxylic acids is 1. The third kappa shape index (κ3) is 6.54. The minimum Gasteiger partial charge on any atom is -0.507 e. The van der Waals surface area contributed by atoms with E-state index in [2.05, 4.69) is 42.9 Å². The molecule has 4 aliphatic rings. The highest BCUT2D eigenvalue weighted by atomic mass is 16.6. The van der Waals surface area contributed by atoms with Gasteiger partial charge in [-0.05, 0) is 103 Å². The van der Waals surface area contributed by atoms with Crippen LogP contribution in [0.1, 0.15) is 83.5 Å². The zero-order valence-electron chi connectivity index (χ0n) is 29.0. The van der Waals surface area contributed by atoms with E-state index in [1.54, 1.807) is 6.07 Å². The third-order valence-electron chi connectivity index (χ3n) is 11.6. The lowest BCUT2D eigenvalue weighted by Gasteiger charge is -2.48. The highest BCUT2D eigenvalue weighted by Gasteiger charge is 2.43. The number of quaternary nitrogens is 1. The smallest absolute Gasteiger partial charge is 0.507 e. The Kier molecular flexibility index (Phi) is 8.83. The minimum atomic E-state index is -0.437. The number of ether oxygens (including phenoxy) is 1. The predicted molar refractivity (Wildman–Crippen MR) is 184 cm³/mol. The Morgan fingerprint density at radius 1 is 0.915 bits per heavy atom. The first-order valence-electron chi connectivity index (χ1n) is 18.0. The van der Waals surface area contributed by atoms with E-state index < -0.39 is 5.60 Å². The van der Waals surface area contributed by atoms with Crippen molar-refractivity contribution >= 4 is 17.1 Å². The number of aromatic amines is 1. The number of aromatic nitrogens is 3. The number of carbonyl (C=O) groups is 1. The zero-order valence-corrected chi connectivity index (χ0v) is 29.0. The average molecular weight is 645 g/mol. The van der Waals surface area contributed by atoms with Crippen LogP contribution in [0.2, 0.25) is 0 Å². The van der Waals surface area contributed by atoms with Gasteiger partial charge in [-0.1, -0.05) is 12.1 Å². The van der Waals surface area contributed by atoms with E-state index in [0.717, 1.165) is 55.5 Å². The first kappa shape index (κ1) is 32.5. The van der Waals surface area contributed by atoms with Gasteiger partial charge >= 0.3 is 6.09 Å². The molecule has 3 saturated heterocycles. The normalized spacial score (nSPS) is 27.6. The summed E-state index contributed by atoms with van der Waals surface area (Å²) in [5, 5.41) is 20.5. The van der Waals surface area contributed by atoms with Gasteiger partial charge in [0.05, 0.1) is 25.8 Å². The number of phenols is 1. The molecule has 1 unspecified atom stereocenters.